The maximum atomic E-state index is 13.3. The molecule has 0 aliphatic heterocycles. The van der Waals surface area contributed by atoms with Gasteiger partial charge in [-0.15, -0.1) is 0 Å². The van der Waals surface area contributed by atoms with Crippen LogP contribution in [0.1, 0.15) is 33.1 Å². The normalized spacial score (nSPS) is 12.1. The van der Waals surface area contributed by atoms with Crippen molar-refractivity contribution in [3.63, 3.8) is 0 Å². The van der Waals surface area contributed by atoms with Crippen molar-refractivity contribution in [1.29, 1.82) is 0 Å². The third-order valence-corrected chi connectivity index (χ3v) is 4.30. The number of carbonyl (C=O) groups is 1. The number of benzene rings is 2. The van der Waals surface area contributed by atoms with Crippen molar-refractivity contribution in [2.24, 2.45) is 5.73 Å². The van der Waals surface area contributed by atoms with Gasteiger partial charge in [-0.05, 0) is 54.1 Å². The van der Waals surface area contributed by atoms with E-state index in [1.807, 2.05) is 37.5 Å². The molecule has 26 heavy (non-hydrogen) atoms. The number of carbonyl (C=O) groups excluding carboxylic acids is 1. The lowest BCUT2D eigenvalue weighted by Gasteiger charge is -2.29. The quantitative estimate of drug-likeness (QED) is 0.740. The lowest BCUT2D eigenvalue weighted by Crippen LogP contribution is -2.25. The molecule has 0 bridgehead atoms. The zero-order valence-corrected chi connectivity index (χ0v) is 14.5. The molecule has 4 nitrogen and oxygen atoms in total. The summed E-state index contributed by atoms with van der Waals surface area (Å²) in [4.78, 5) is 17.6. The highest BCUT2D eigenvalue weighted by atomic mass is 19.1. The van der Waals surface area contributed by atoms with Gasteiger partial charge in [0.2, 0.25) is 5.91 Å². The highest BCUT2D eigenvalue weighted by Gasteiger charge is 2.20. The molecule has 0 fully saturated rings. The molecule has 1 amide bonds. The molecule has 2 aromatic carbocycles. The zero-order chi connectivity index (χ0) is 18.5. The van der Waals surface area contributed by atoms with E-state index in [-0.39, 0.29) is 11.9 Å². The topological polar surface area (TPSA) is 59.2 Å². The summed E-state index contributed by atoms with van der Waals surface area (Å²) in [6.45, 7) is 0.649. The minimum Gasteiger partial charge on any atom is -0.366 e. The Bertz CT molecular complexity index is 864. The number of primary amides is 1. The van der Waals surface area contributed by atoms with Gasteiger partial charge >= 0.3 is 0 Å². The van der Waals surface area contributed by atoms with Crippen LogP contribution in [-0.4, -0.2) is 22.8 Å². The maximum Gasteiger partial charge on any atom is 0.248 e. The van der Waals surface area contributed by atoms with Crippen LogP contribution in [0.15, 0.2) is 73.1 Å². The van der Waals surface area contributed by atoms with Crippen molar-refractivity contribution >= 4 is 5.91 Å². The van der Waals surface area contributed by atoms with Gasteiger partial charge in [0.25, 0.3) is 0 Å². The van der Waals surface area contributed by atoms with Crippen LogP contribution in [0.3, 0.4) is 0 Å². The Kier molecular flexibility index (Phi) is 5.39. The highest BCUT2D eigenvalue weighted by Crippen LogP contribution is 2.28. The first-order valence-electron chi connectivity index (χ1n) is 8.29. The van der Waals surface area contributed by atoms with Crippen molar-refractivity contribution in [1.82, 2.24) is 9.88 Å². The van der Waals surface area contributed by atoms with E-state index in [0.717, 1.165) is 16.7 Å². The summed E-state index contributed by atoms with van der Waals surface area (Å²) in [7, 11) is 2.00. The Morgan fingerprint density at radius 1 is 1.08 bits per heavy atom. The molecule has 1 atom stereocenters. The Balaban J connectivity index is 1.88. The molecule has 3 aromatic rings. The number of nitrogens with zero attached hydrogens (tertiary/aromatic N) is 2. The lowest BCUT2D eigenvalue weighted by atomic mass is 9.98. The van der Waals surface area contributed by atoms with Crippen LogP contribution in [0.4, 0.5) is 4.39 Å². The van der Waals surface area contributed by atoms with Gasteiger partial charge in [0, 0.05) is 24.5 Å². The first-order chi connectivity index (χ1) is 12.5. The fraction of sp³-hybridized carbons (Fsp3) is 0.143. The largest absolute Gasteiger partial charge is 0.366 e. The molecule has 1 aromatic heterocycles. The van der Waals surface area contributed by atoms with Gasteiger partial charge in [0.1, 0.15) is 5.82 Å². The fourth-order valence-corrected chi connectivity index (χ4v) is 3.04. The molecule has 1 unspecified atom stereocenters. The molecular weight excluding hydrogens is 329 g/mol. The van der Waals surface area contributed by atoms with E-state index < -0.39 is 5.91 Å². The lowest BCUT2D eigenvalue weighted by molar-refractivity contribution is 0.100. The smallest absolute Gasteiger partial charge is 0.248 e. The molecule has 1 heterocycles. The standard InChI is InChI=1S/C21H20FN3O/c1-25(14-15-4-6-17(7-5-15)21(23)26)20(18-3-2-12-24-13-18)16-8-10-19(22)11-9-16/h2-13,20H,14H2,1H3,(H2,23,26). The van der Waals surface area contributed by atoms with Crippen molar-refractivity contribution in [3.8, 4) is 0 Å². The molecule has 0 saturated carbocycles. The van der Waals surface area contributed by atoms with E-state index in [9.17, 15) is 9.18 Å². The molecular formula is C21H20FN3O. The summed E-state index contributed by atoms with van der Waals surface area (Å²) in [5, 5.41) is 0. The molecule has 2 N–H and O–H groups in total. The third kappa shape index (κ3) is 4.13. The fourth-order valence-electron chi connectivity index (χ4n) is 3.04. The van der Waals surface area contributed by atoms with Crippen LogP contribution < -0.4 is 5.73 Å². The first kappa shape index (κ1) is 17.8. The summed E-state index contributed by atoms with van der Waals surface area (Å²) in [6.07, 6.45) is 3.55. The van der Waals surface area contributed by atoms with E-state index in [4.69, 9.17) is 5.73 Å². The SMILES string of the molecule is CN(Cc1ccc(C(N)=O)cc1)C(c1ccc(F)cc1)c1cccnc1. The summed E-state index contributed by atoms with van der Waals surface area (Å²) >= 11 is 0. The van der Waals surface area contributed by atoms with Crippen LogP contribution in [0.25, 0.3) is 0 Å². The van der Waals surface area contributed by atoms with Crippen LogP contribution in [0.5, 0.6) is 0 Å². The van der Waals surface area contributed by atoms with Gasteiger partial charge in [-0.1, -0.05) is 30.3 Å². The van der Waals surface area contributed by atoms with Crippen molar-refractivity contribution < 1.29 is 9.18 Å². The monoisotopic (exact) mass is 349 g/mol. The zero-order valence-electron chi connectivity index (χ0n) is 14.5. The highest BCUT2D eigenvalue weighted by molar-refractivity contribution is 5.92. The van der Waals surface area contributed by atoms with Crippen LogP contribution in [0.2, 0.25) is 0 Å². The second kappa shape index (κ2) is 7.89. The molecule has 0 radical (unpaired) electrons. The predicted octanol–water partition coefficient (Wildman–Crippen LogP) is 3.54. The molecule has 0 saturated heterocycles. The second-order valence-corrected chi connectivity index (χ2v) is 6.22. The van der Waals surface area contributed by atoms with Gasteiger partial charge in [0.15, 0.2) is 0 Å². The van der Waals surface area contributed by atoms with Gasteiger partial charge < -0.3 is 5.73 Å². The molecule has 0 aliphatic carbocycles. The molecule has 0 aliphatic rings. The Labute approximate surface area is 152 Å². The van der Waals surface area contributed by atoms with E-state index >= 15 is 0 Å². The van der Waals surface area contributed by atoms with E-state index in [0.29, 0.717) is 12.1 Å². The number of aromatic nitrogens is 1. The van der Waals surface area contributed by atoms with Crippen LogP contribution >= 0.6 is 0 Å². The number of pyridine rings is 1. The number of amides is 1. The Morgan fingerprint density at radius 2 is 1.77 bits per heavy atom. The number of halogens is 1. The van der Waals surface area contributed by atoms with E-state index in [1.165, 1.54) is 12.1 Å². The summed E-state index contributed by atoms with van der Waals surface area (Å²) in [5.41, 5.74) is 8.83. The van der Waals surface area contributed by atoms with Gasteiger partial charge in [-0.3, -0.25) is 14.7 Å². The van der Waals surface area contributed by atoms with Crippen LogP contribution in [-0.2, 0) is 6.54 Å². The molecule has 3 rings (SSSR count). The molecule has 132 valence electrons. The van der Waals surface area contributed by atoms with Gasteiger partial charge in [-0.2, -0.15) is 0 Å². The molecule has 5 heteroatoms. The van der Waals surface area contributed by atoms with Crippen molar-refractivity contribution in [2.45, 2.75) is 12.6 Å². The number of rotatable bonds is 6. The van der Waals surface area contributed by atoms with Crippen LogP contribution in [0, 0.1) is 5.82 Å². The minimum atomic E-state index is -0.440. The Hall–Kier alpha value is -3.05. The number of hydrogen-bond acceptors (Lipinski definition) is 3. The first-order valence-corrected chi connectivity index (χ1v) is 8.29. The summed E-state index contributed by atoms with van der Waals surface area (Å²) in [5.74, 6) is -0.701. The summed E-state index contributed by atoms with van der Waals surface area (Å²) in [6, 6.07) is 17.6. The van der Waals surface area contributed by atoms with Crippen molar-refractivity contribution in [2.75, 3.05) is 7.05 Å². The third-order valence-electron chi connectivity index (χ3n) is 4.30. The summed E-state index contributed by atoms with van der Waals surface area (Å²) < 4.78 is 13.3. The van der Waals surface area contributed by atoms with Gasteiger partial charge in [-0.25, -0.2) is 4.39 Å². The average Bonchev–Trinajstić information content (AvgIpc) is 2.65. The Morgan fingerprint density at radius 3 is 2.35 bits per heavy atom. The maximum absolute atomic E-state index is 13.3. The average molecular weight is 349 g/mol. The number of nitrogens with two attached hydrogens (primary N) is 1. The molecule has 0 spiro atoms. The van der Waals surface area contributed by atoms with E-state index in [2.05, 4.69) is 9.88 Å². The van der Waals surface area contributed by atoms with Gasteiger partial charge in [0.05, 0.1) is 6.04 Å². The number of hydrogen-bond donors (Lipinski definition) is 1. The predicted molar refractivity (Wildman–Crippen MR) is 98.9 cm³/mol. The minimum absolute atomic E-state index is 0.0693. The van der Waals surface area contributed by atoms with Crippen molar-refractivity contribution in [3.05, 3.63) is 101 Å². The van der Waals surface area contributed by atoms with E-state index in [1.54, 1.807) is 30.5 Å². The second-order valence-electron chi connectivity index (χ2n) is 6.22.